The van der Waals surface area contributed by atoms with Gasteiger partial charge in [-0.25, -0.2) is 9.97 Å². The molecular weight excluding hydrogens is 270 g/mol. The maximum Gasteiger partial charge on any atom is 0.164 e. The van der Waals surface area contributed by atoms with Crippen LogP contribution in [0, 0.1) is 11.8 Å². The van der Waals surface area contributed by atoms with Crippen molar-refractivity contribution in [2.75, 3.05) is 5.73 Å². The molecule has 0 amide bonds. The summed E-state index contributed by atoms with van der Waals surface area (Å²) >= 11 is 6.10. The van der Waals surface area contributed by atoms with Crippen LogP contribution in [0.1, 0.15) is 11.3 Å². The average Bonchev–Trinajstić information content (AvgIpc) is 2.46. The molecule has 3 rings (SSSR count). The summed E-state index contributed by atoms with van der Waals surface area (Å²) in [4.78, 5) is 8.68. The minimum atomic E-state index is 0.297. The normalized spacial score (nSPS) is 10.1. The van der Waals surface area contributed by atoms with E-state index in [1.807, 2.05) is 30.3 Å². The molecule has 0 spiro atoms. The number of nitrogens with zero attached hydrogens (tertiary/aromatic N) is 2. The summed E-state index contributed by atoms with van der Waals surface area (Å²) < 4.78 is 0. The third kappa shape index (κ3) is 2.56. The Morgan fingerprint density at radius 2 is 1.70 bits per heavy atom. The summed E-state index contributed by atoms with van der Waals surface area (Å²) in [5.41, 5.74) is 9.12. The van der Waals surface area contributed by atoms with Gasteiger partial charge in [0.2, 0.25) is 0 Å². The van der Waals surface area contributed by atoms with Gasteiger partial charge in [-0.05, 0) is 36.3 Å². The minimum absolute atomic E-state index is 0.297. The van der Waals surface area contributed by atoms with Crippen molar-refractivity contribution >= 4 is 28.3 Å². The maximum absolute atomic E-state index is 6.10. The van der Waals surface area contributed by atoms with E-state index in [4.69, 9.17) is 17.3 Å². The zero-order valence-corrected chi connectivity index (χ0v) is 11.2. The first-order chi connectivity index (χ1) is 9.72. The van der Waals surface area contributed by atoms with E-state index in [0.29, 0.717) is 27.6 Å². The zero-order valence-electron chi connectivity index (χ0n) is 10.5. The highest BCUT2D eigenvalue weighted by molar-refractivity contribution is 6.30. The number of benzene rings is 2. The van der Waals surface area contributed by atoms with Crippen LogP contribution in [-0.2, 0) is 0 Å². The molecule has 0 aliphatic carbocycles. The van der Waals surface area contributed by atoms with E-state index in [2.05, 4.69) is 21.8 Å². The van der Waals surface area contributed by atoms with Gasteiger partial charge >= 0.3 is 0 Å². The Labute approximate surface area is 121 Å². The number of hydrogen-bond donors (Lipinski definition) is 1. The van der Waals surface area contributed by atoms with E-state index in [0.717, 1.165) is 5.56 Å². The van der Waals surface area contributed by atoms with Gasteiger partial charge in [-0.3, -0.25) is 0 Å². The van der Waals surface area contributed by atoms with Crippen molar-refractivity contribution in [1.82, 2.24) is 9.97 Å². The van der Waals surface area contributed by atoms with Gasteiger partial charge in [0, 0.05) is 11.3 Å². The number of anilines is 1. The van der Waals surface area contributed by atoms with Crippen LogP contribution in [0.15, 0.2) is 48.5 Å². The largest absolute Gasteiger partial charge is 0.399 e. The van der Waals surface area contributed by atoms with Crippen LogP contribution in [-0.4, -0.2) is 9.97 Å². The highest BCUT2D eigenvalue weighted by Gasteiger charge is 2.04. The van der Waals surface area contributed by atoms with Crippen molar-refractivity contribution in [3.05, 3.63) is 64.9 Å². The van der Waals surface area contributed by atoms with Crippen molar-refractivity contribution in [3.63, 3.8) is 0 Å². The van der Waals surface area contributed by atoms with E-state index >= 15 is 0 Å². The van der Waals surface area contributed by atoms with Gasteiger partial charge in [0.1, 0.15) is 0 Å². The fraction of sp³-hybridized carbons (Fsp3) is 0. The number of nitrogens with two attached hydrogens (primary N) is 1. The SMILES string of the molecule is Nc1ccc2nc(Cl)c(C#Cc3ccccc3)nc2c1. The third-order valence-corrected chi connectivity index (χ3v) is 3.01. The topological polar surface area (TPSA) is 51.8 Å². The van der Waals surface area contributed by atoms with Gasteiger partial charge < -0.3 is 5.73 Å². The molecule has 2 aromatic carbocycles. The first kappa shape index (κ1) is 12.5. The van der Waals surface area contributed by atoms with Crippen LogP contribution in [0.3, 0.4) is 0 Å². The highest BCUT2D eigenvalue weighted by atomic mass is 35.5. The number of hydrogen-bond acceptors (Lipinski definition) is 3. The molecule has 3 aromatic rings. The molecule has 0 unspecified atom stereocenters. The molecule has 0 fully saturated rings. The summed E-state index contributed by atoms with van der Waals surface area (Å²) in [5, 5.41) is 0.297. The molecule has 2 N–H and O–H groups in total. The van der Waals surface area contributed by atoms with Crippen LogP contribution in [0.2, 0.25) is 5.15 Å². The lowest BCUT2D eigenvalue weighted by molar-refractivity contribution is 1.26. The smallest absolute Gasteiger partial charge is 0.164 e. The predicted molar refractivity (Wildman–Crippen MR) is 81.4 cm³/mol. The Morgan fingerprint density at radius 3 is 2.50 bits per heavy atom. The highest BCUT2D eigenvalue weighted by Crippen LogP contribution is 2.18. The Balaban J connectivity index is 2.08. The van der Waals surface area contributed by atoms with E-state index in [-0.39, 0.29) is 0 Å². The van der Waals surface area contributed by atoms with Crippen LogP contribution in [0.4, 0.5) is 5.69 Å². The van der Waals surface area contributed by atoms with Gasteiger partial charge in [0.25, 0.3) is 0 Å². The van der Waals surface area contributed by atoms with Gasteiger partial charge in [-0.2, -0.15) is 0 Å². The van der Waals surface area contributed by atoms with Gasteiger partial charge in [0.15, 0.2) is 10.8 Å². The van der Waals surface area contributed by atoms with E-state index in [1.165, 1.54) is 0 Å². The number of aromatic nitrogens is 2. The molecule has 0 bridgehead atoms. The monoisotopic (exact) mass is 279 g/mol. The van der Waals surface area contributed by atoms with Gasteiger partial charge in [-0.15, -0.1) is 0 Å². The second kappa shape index (κ2) is 5.20. The minimum Gasteiger partial charge on any atom is -0.399 e. The Kier molecular flexibility index (Phi) is 3.24. The Morgan fingerprint density at radius 1 is 0.900 bits per heavy atom. The van der Waals surface area contributed by atoms with Gasteiger partial charge in [-0.1, -0.05) is 35.7 Å². The molecule has 1 heterocycles. The lowest BCUT2D eigenvalue weighted by Crippen LogP contribution is -1.93. The third-order valence-electron chi connectivity index (χ3n) is 2.74. The lowest BCUT2D eigenvalue weighted by atomic mass is 10.2. The molecule has 1 aromatic heterocycles. The fourth-order valence-corrected chi connectivity index (χ4v) is 1.96. The van der Waals surface area contributed by atoms with Crippen LogP contribution < -0.4 is 5.73 Å². The second-order valence-corrected chi connectivity index (χ2v) is 4.59. The molecule has 0 saturated carbocycles. The molecule has 20 heavy (non-hydrogen) atoms. The Bertz CT molecular complexity index is 833. The summed E-state index contributed by atoms with van der Waals surface area (Å²) in [6.07, 6.45) is 0. The molecule has 0 atom stereocenters. The van der Waals surface area contributed by atoms with Gasteiger partial charge in [0.05, 0.1) is 11.0 Å². The summed E-state index contributed by atoms with van der Waals surface area (Å²) in [6.45, 7) is 0. The van der Waals surface area contributed by atoms with E-state index in [1.54, 1.807) is 18.2 Å². The van der Waals surface area contributed by atoms with Crippen molar-refractivity contribution in [2.45, 2.75) is 0 Å². The molecule has 96 valence electrons. The summed E-state index contributed by atoms with van der Waals surface area (Å²) in [6, 6.07) is 15.0. The second-order valence-electron chi connectivity index (χ2n) is 4.23. The van der Waals surface area contributed by atoms with Crippen molar-refractivity contribution in [2.24, 2.45) is 0 Å². The molecule has 0 saturated heterocycles. The average molecular weight is 280 g/mol. The number of rotatable bonds is 0. The lowest BCUT2D eigenvalue weighted by Gasteiger charge is -2.00. The van der Waals surface area contributed by atoms with Crippen LogP contribution in [0.5, 0.6) is 0 Å². The maximum atomic E-state index is 6.10. The van der Waals surface area contributed by atoms with E-state index in [9.17, 15) is 0 Å². The first-order valence-corrected chi connectivity index (χ1v) is 6.40. The van der Waals surface area contributed by atoms with Crippen molar-refractivity contribution in [3.8, 4) is 11.8 Å². The molecule has 3 nitrogen and oxygen atoms in total. The first-order valence-electron chi connectivity index (χ1n) is 6.02. The Hall–Kier alpha value is -2.57. The fourth-order valence-electron chi connectivity index (χ4n) is 1.78. The number of fused-ring (bicyclic) bond motifs is 1. The van der Waals surface area contributed by atoms with Crippen LogP contribution >= 0.6 is 11.6 Å². The molecule has 0 aliphatic heterocycles. The molecular formula is C16H10ClN3. The standard InChI is InChI=1S/C16H10ClN3/c17-16-14(8-6-11-4-2-1-3-5-11)19-15-10-12(18)7-9-13(15)20-16/h1-5,7,9-10H,18H2. The molecule has 0 aliphatic rings. The molecule has 4 heteroatoms. The predicted octanol–water partition coefficient (Wildman–Crippen LogP) is 3.27. The van der Waals surface area contributed by atoms with Crippen molar-refractivity contribution in [1.29, 1.82) is 0 Å². The summed E-state index contributed by atoms with van der Waals surface area (Å²) in [5.74, 6) is 5.96. The number of nitrogen functional groups attached to an aromatic ring is 1. The quantitative estimate of drug-likeness (QED) is 0.507. The number of halogens is 1. The molecule has 0 radical (unpaired) electrons. The van der Waals surface area contributed by atoms with Crippen LogP contribution in [0.25, 0.3) is 11.0 Å². The zero-order chi connectivity index (χ0) is 13.9. The van der Waals surface area contributed by atoms with Crippen molar-refractivity contribution < 1.29 is 0 Å². The van der Waals surface area contributed by atoms with E-state index < -0.39 is 0 Å². The summed E-state index contributed by atoms with van der Waals surface area (Å²) in [7, 11) is 0.